The van der Waals surface area contributed by atoms with Crippen LogP contribution < -0.4 is 4.74 Å². The van der Waals surface area contributed by atoms with Crippen molar-refractivity contribution in [3.8, 4) is 17.6 Å². The van der Waals surface area contributed by atoms with Crippen molar-refractivity contribution in [2.75, 3.05) is 0 Å². The molecule has 132 valence electrons. The van der Waals surface area contributed by atoms with E-state index in [0.29, 0.717) is 27.8 Å². The molecule has 1 atom stereocenters. The van der Waals surface area contributed by atoms with Gasteiger partial charge in [0.05, 0.1) is 24.1 Å². The van der Waals surface area contributed by atoms with Crippen molar-refractivity contribution >= 4 is 27.5 Å². The van der Waals surface area contributed by atoms with E-state index in [4.69, 9.17) is 21.6 Å². The Morgan fingerprint density at radius 3 is 2.62 bits per heavy atom. The minimum Gasteiger partial charge on any atom is -0.457 e. The number of ether oxygens (including phenoxy) is 1. The number of hydrogen-bond donors (Lipinski definition) is 1. The van der Waals surface area contributed by atoms with Crippen LogP contribution in [0.2, 0.25) is 5.02 Å². The third-order valence-electron chi connectivity index (χ3n) is 3.88. The monoisotopic (exact) mass is 431 g/mol. The molecule has 5 nitrogen and oxygen atoms in total. The fourth-order valence-electron chi connectivity index (χ4n) is 2.59. The third kappa shape index (κ3) is 4.07. The minimum absolute atomic E-state index is 0.155. The van der Waals surface area contributed by atoms with Crippen LogP contribution in [0, 0.1) is 11.3 Å². The number of imidazole rings is 1. The summed E-state index contributed by atoms with van der Waals surface area (Å²) in [5, 5.41) is 20.3. The Balaban J connectivity index is 1.82. The molecule has 1 heterocycles. The second kappa shape index (κ2) is 7.50. The number of benzene rings is 2. The highest BCUT2D eigenvalue weighted by Crippen LogP contribution is 2.34. The maximum atomic E-state index is 10.9. The zero-order chi connectivity index (χ0) is 18.7. The van der Waals surface area contributed by atoms with Gasteiger partial charge in [0.15, 0.2) is 0 Å². The van der Waals surface area contributed by atoms with Crippen LogP contribution in [-0.2, 0) is 12.1 Å². The van der Waals surface area contributed by atoms with Gasteiger partial charge in [0, 0.05) is 10.0 Å². The number of halogens is 2. The van der Waals surface area contributed by atoms with Gasteiger partial charge in [0.25, 0.3) is 0 Å². The average Bonchev–Trinajstić information content (AvgIpc) is 3.03. The van der Waals surface area contributed by atoms with Crippen LogP contribution in [0.15, 0.2) is 59.5 Å². The molecule has 0 fully saturated rings. The number of aromatic nitrogens is 2. The van der Waals surface area contributed by atoms with Gasteiger partial charge < -0.3 is 14.4 Å². The maximum absolute atomic E-state index is 10.9. The van der Waals surface area contributed by atoms with E-state index in [0.717, 1.165) is 4.47 Å². The van der Waals surface area contributed by atoms with Crippen LogP contribution in [0.5, 0.6) is 11.5 Å². The molecular formula is C19H15BrClN3O2. The van der Waals surface area contributed by atoms with Gasteiger partial charge in [-0.15, -0.1) is 0 Å². The van der Waals surface area contributed by atoms with Gasteiger partial charge in [-0.3, -0.25) is 0 Å². The summed E-state index contributed by atoms with van der Waals surface area (Å²) in [5.41, 5.74) is -0.365. The molecule has 1 aromatic heterocycles. The Morgan fingerprint density at radius 2 is 1.96 bits per heavy atom. The molecule has 0 aliphatic heterocycles. The summed E-state index contributed by atoms with van der Waals surface area (Å²) >= 11 is 9.76. The van der Waals surface area contributed by atoms with E-state index in [1.165, 1.54) is 12.5 Å². The first-order valence-corrected chi connectivity index (χ1v) is 8.92. The van der Waals surface area contributed by atoms with Gasteiger partial charge in [-0.1, -0.05) is 33.6 Å². The molecular weight excluding hydrogens is 418 g/mol. The van der Waals surface area contributed by atoms with E-state index in [1.54, 1.807) is 29.7 Å². The lowest BCUT2D eigenvalue weighted by atomic mass is 9.95. The first kappa shape index (κ1) is 18.5. The lowest BCUT2D eigenvalue weighted by molar-refractivity contribution is 0.0381. The van der Waals surface area contributed by atoms with Gasteiger partial charge >= 0.3 is 0 Å². The van der Waals surface area contributed by atoms with Crippen molar-refractivity contribution in [2.45, 2.75) is 19.1 Å². The van der Waals surface area contributed by atoms with Crippen molar-refractivity contribution < 1.29 is 9.84 Å². The van der Waals surface area contributed by atoms with Crippen LogP contribution in [-0.4, -0.2) is 14.7 Å². The molecule has 3 rings (SSSR count). The lowest BCUT2D eigenvalue weighted by Gasteiger charge is -2.26. The molecule has 1 N–H and O–H groups in total. The van der Waals surface area contributed by atoms with Crippen molar-refractivity contribution in [1.82, 2.24) is 9.55 Å². The van der Waals surface area contributed by atoms with Crippen LogP contribution in [0.4, 0.5) is 0 Å². The molecule has 3 aromatic rings. The number of nitriles is 1. The normalized spacial score (nSPS) is 13.0. The number of nitrogens with zero attached hydrogens (tertiary/aromatic N) is 3. The van der Waals surface area contributed by atoms with Crippen molar-refractivity contribution in [2.24, 2.45) is 0 Å². The molecule has 0 saturated heterocycles. The molecule has 26 heavy (non-hydrogen) atoms. The Bertz CT molecular complexity index is 962. The summed E-state index contributed by atoms with van der Waals surface area (Å²) in [7, 11) is 0. The molecule has 0 spiro atoms. The molecule has 0 aliphatic rings. The summed E-state index contributed by atoms with van der Waals surface area (Å²) in [5.74, 6) is 1.25. The van der Waals surface area contributed by atoms with E-state index in [1.807, 2.05) is 30.3 Å². The SMILES string of the molecule is CC(O)(Cn1cncc1C#N)c1ccc(Oc2ccc(Br)cc2)cc1Cl. The van der Waals surface area contributed by atoms with Crippen molar-refractivity contribution in [3.63, 3.8) is 0 Å². The molecule has 1 unspecified atom stereocenters. The maximum Gasteiger partial charge on any atom is 0.140 e. The predicted octanol–water partition coefficient (Wildman–Crippen LogP) is 4.87. The molecule has 0 radical (unpaired) electrons. The highest BCUT2D eigenvalue weighted by Gasteiger charge is 2.27. The standard InChI is InChI=1S/C19H15BrClN3O2/c1-19(25,11-24-12-23-10-14(24)9-22)17-7-6-16(8-18(17)21)26-15-4-2-13(20)3-5-15/h2-8,10,12,25H,11H2,1H3. The van der Waals surface area contributed by atoms with Gasteiger partial charge in [-0.05, 0) is 43.3 Å². The summed E-state index contributed by atoms with van der Waals surface area (Å²) in [6.45, 7) is 1.80. The second-order valence-corrected chi connectivity index (χ2v) is 7.31. The van der Waals surface area contributed by atoms with E-state index in [9.17, 15) is 5.11 Å². The second-order valence-electron chi connectivity index (χ2n) is 5.99. The summed E-state index contributed by atoms with van der Waals surface area (Å²) < 4.78 is 8.33. The Labute approximate surface area is 164 Å². The number of hydrogen-bond acceptors (Lipinski definition) is 4. The minimum atomic E-state index is -1.28. The fraction of sp³-hybridized carbons (Fsp3) is 0.158. The molecule has 0 aliphatic carbocycles. The first-order chi connectivity index (χ1) is 12.4. The Morgan fingerprint density at radius 1 is 1.27 bits per heavy atom. The van der Waals surface area contributed by atoms with E-state index < -0.39 is 5.60 Å². The Hall–Kier alpha value is -2.33. The zero-order valence-corrected chi connectivity index (χ0v) is 16.2. The zero-order valence-electron chi connectivity index (χ0n) is 13.9. The topological polar surface area (TPSA) is 71.1 Å². The first-order valence-electron chi connectivity index (χ1n) is 7.75. The van der Waals surface area contributed by atoms with Crippen molar-refractivity contribution in [1.29, 1.82) is 5.26 Å². The van der Waals surface area contributed by atoms with Gasteiger partial charge in [-0.2, -0.15) is 5.26 Å². The summed E-state index contributed by atoms with van der Waals surface area (Å²) in [4.78, 5) is 3.93. The average molecular weight is 433 g/mol. The quantitative estimate of drug-likeness (QED) is 0.624. The fourth-order valence-corrected chi connectivity index (χ4v) is 3.23. The molecule has 0 saturated carbocycles. The van der Waals surface area contributed by atoms with Gasteiger partial charge in [0.1, 0.15) is 28.9 Å². The lowest BCUT2D eigenvalue weighted by Crippen LogP contribution is -2.28. The third-order valence-corrected chi connectivity index (χ3v) is 4.72. The molecule has 0 bridgehead atoms. The molecule has 7 heteroatoms. The van der Waals surface area contributed by atoms with Crippen LogP contribution >= 0.6 is 27.5 Å². The van der Waals surface area contributed by atoms with E-state index >= 15 is 0 Å². The molecule has 0 amide bonds. The van der Waals surface area contributed by atoms with Crippen molar-refractivity contribution in [3.05, 3.63) is 75.7 Å². The van der Waals surface area contributed by atoms with Crippen LogP contribution in [0.1, 0.15) is 18.2 Å². The Kier molecular flexibility index (Phi) is 5.33. The summed E-state index contributed by atoms with van der Waals surface area (Å²) in [6.07, 6.45) is 2.96. The smallest absolute Gasteiger partial charge is 0.140 e. The summed E-state index contributed by atoms with van der Waals surface area (Å²) in [6, 6.07) is 14.6. The van der Waals surface area contributed by atoms with Crippen LogP contribution in [0.25, 0.3) is 0 Å². The highest BCUT2D eigenvalue weighted by molar-refractivity contribution is 9.10. The predicted molar refractivity (Wildman–Crippen MR) is 102 cm³/mol. The number of aliphatic hydroxyl groups is 1. The van der Waals surface area contributed by atoms with E-state index in [2.05, 4.69) is 20.9 Å². The van der Waals surface area contributed by atoms with E-state index in [-0.39, 0.29) is 6.54 Å². The van der Waals surface area contributed by atoms with Crippen LogP contribution in [0.3, 0.4) is 0 Å². The number of rotatable bonds is 5. The van der Waals surface area contributed by atoms with Gasteiger partial charge in [0.2, 0.25) is 0 Å². The molecule has 2 aromatic carbocycles. The highest BCUT2D eigenvalue weighted by atomic mass is 79.9. The van der Waals surface area contributed by atoms with Gasteiger partial charge in [-0.25, -0.2) is 4.98 Å². The largest absolute Gasteiger partial charge is 0.457 e.